The molecule has 1 heterocycles. The van der Waals surface area contributed by atoms with E-state index in [4.69, 9.17) is 14.3 Å². The summed E-state index contributed by atoms with van der Waals surface area (Å²) in [6.45, 7) is 5.84. The lowest BCUT2D eigenvalue weighted by Crippen LogP contribution is -2.48. The second-order valence-electron chi connectivity index (χ2n) is 8.74. The minimum absolute atomic E-state index is 0.0930. The fourth-order valence-corrected chi connectivity index (χ4v) is 5.42. The number of amides is 1. The predicted molar refractivity (Wildman–Crippen MR) is 116 cm³/mol. The Morgan fingerprint density at radius 2 is 1.56 bits per heavy atom. The minimum atomic E-state index is -3.87. The van der Waals surface area contributed by atoms with E-state index in [1.807, 2.05) is 0 Å². The molecule has 1 amide bonds. The number of rotatable bonds is 7. The Hall–Kier alpha value is -2.49. The number of hydroxylamine groups is 1. The molecule has 0 aromatic heterocycles. The van der Waals surface area contributed by atoms with Gasteiger partial charge >= 0.3 is 0 Å². The first-order chi connectivity index (χ1) is 15.0. The van der Waals surface area contributed by atoms with E-state index in [1.165, 1.54) is 48.5 Å². The Morgan fingerprint density at radius 1 is 1.03 bits per heavy atom. The van der Waals surface area contributed by atoms with Crippen molar-refractivity contribution >= 4 is 15.7 Å². The molecule has 1 aliphatic heterocycles. The van der Waals surface area contributed by atoms with Crippen molar-refractivity contribution in [1.82, 2.24) is 5.48 Å². The molecular formula is C23H28FNO6S. The van der Waals surface area contributed by atoms with Gasteiger partial charge in [0.25, 0.3) is 0 Å². The molecule has 1 aliphatic rings. The van der Waals surface area contributed by atoms with Gasteiger partial charge < -0.3 is 9.47 Å². The molecule has 2 aromatic rings. The van der Waals surface area contributed by atoms with Crippen LogP contribution in [0.1, 0.15) is 40.0 Å². The first-order valence-electron chi connectivity index (χ1n) is 10.3. The Morgan fingerprint density at radius 3 is 2.09 bits per heavy atom. The molecule has 9 heteroatoms. The molecule has 2 aromatic carbocycles. The summed E-state index contributed by atoms with van der Waals surface area (Å²) in [5.41, 5.74) is 1.77. The van der Waals surface area contributed by atoms with Crippen LogP contribution in [0, 0.1) is 5.82 Å². The number of halogens is 1. The number of hydrogen-bond acceptors (Lipinski definition) is 6. The van der Waals surface area contributed by atoms with Gasteiger partial charge in [0.2, 0.25) is 5.91 Å². The molecule has 0 spiro atoms. The summed E-state index contributed by atoms with van der Waals surface area (Å²) < 4.78 is 50.0. The number of carbonyl (C=O) groups is 1. The van der Waals surface area contributed by atoms with Crippen LogP contribution in [0.4, 0.5) is 4.39 Å². The summed E-state index contributed by atoms with van der Waals surface area (Å²) in [6, 6.07) is 11.5. The van der Waals surface area contributed by atoms with Crippen molar-refractivity contribution in [3.8, 4) is 11.5 Å². The summed E-state index contributed by atoms with van der Waals surface area (Å²) in [4.78, 5) is 17.9. The highest BCUT2D eigenvalue weighted by Gasteiger charge is 2.47. The normalized spacial score (nSPS) is 16.4. The van der Waals surface area contributed by atoms with E-state index in [2.05, 4.69) is 5.48 Å². The van der Waals surface area contributed by atoms with E-state index < -0.39 is 26.1 Å². The Balaban J connectivity index is 1.80. The molecule has 7 nitrogen and oxygen atoms in total. The highest BCUT2D eigenvalue weighted by molar-refractivity contribution is 7.92. The van der Waals surface area contributed by atoms with E-state index in [9.17, 15) is 17.6 Å². The second-order valence-corrected chi connectivity index (χ2v) is 11.1. The maximum absolute atomic E-state index is 13.6. The monoisotopic (exact) mass is 465 g/mol. The average molecular weight is 466 g/mol. The number of carbonyl (C=O) groups excluding carboxylic acids is 1. The first kappa shape index (κ1) is 24.2. The molecule has 0 saturated carbocycles. The Bertz CT molecular complexity index is 1020. The van der Waals surface area contributed by atoms with Gasteiger partial charge in [-0.05, 0) is 82.1 Å². The van der Waals surface area contributed by atoms with Crippen LogP contribution in [0.5, 0.6) is 11.5 Å². The van der Waals surface area contributed by atoms with Crippen molar-refractivity contribution in [3.63, 3.8) is 0 Å². The summed E-state index contributed by atoms with van der Waals surface area (Å²) in [7, 11) is -3.87. The lowest BCUT2D eigenvalue weighted by atomic mass is 9.95. The van der Waals surface area contributed by atoms with Crippen molar-refractivity contribution in [1.29, 1.82) is 0 Å². The number of hydrogen-bond donors (Lipinski definition) is 1. The zero-order valence-electron chi connectivity index (χ0n) is 18.4. The third-order valence-electron chi connectivity index (χ3n) is 5.11. The van der Waals surface area contributed by atoms with Crippen LogP contribution in [-0.4, -0.2) is 37.9 Å². The van der Waals surface area contributed by atoms with Crippen LogP contribution < -0.4 is 10.2 Å². The van der Waals surface area contributed by atoms with Crippen molar-refractivity contribution < 1.29 is 31.9 Å². The molecule has 1 fully saturated rings. The predicted octanol–water partition coefficient (Wildman–Crippen LogP) is 4.18. The standard InChI is InChI=1S/C23H28FNO6S/c1-22(2,3)31-25-21(26)16-23(12-14-29-15-13-23)32(27,28)20-10-8-19(9-11-20)30-18-6-4-17(24)5-7-18/h4-11H,12-16H2,1-3H3,(H,25,26). The van der Waals surface area contributed by atoms with Gasteiger partial charge in [-0.25, -0.2) is 18.3 Å². The molecule has 32 heavy (non-hydrogen) atoms. The third-order valence-corrected chi connectivity index (χ3v) is 7.70. The van der Waals surface area contributed by atoms with Gasteiger partial charge in [0.15, 0.2) is 9.84 Å². The molecule has 0 unspecified atom stereocenters. The van der Waals surface area contributed by atoms with Crippen LogP contribution in [-0.2, 0) is 24.2 Å². The van der Waals surface area contributed by atoms with Gasteiger partial charge in [0.1, 0.15) is 17.3 Å². The SMILES string of the molecule is CC(C)(C)ONC(=O)CC1(S(=O)(=O)c2ccc(Oc3ccc(F)cc3)cc2)CCOCC1. The van der Waals surface area contributed by atoms with Crippen LogP contribution >= 0.6 is 0 Å². The Kier molecular flexibility index (Phi) is 7.22. The highest BCUT2D eigenvalue weighted by atomic mass is 32.2. The molecule has 0 aliphatic carbocycles. The number of benzene rings is 2. The average Bonchev–Trinajstić information content (AvgIpc) is 2.74. The lowest BCUT2D eigenvalue weighted by molar-refractivity contribution is -0.146. The molecule has 1 N–H and O–H groups in total. The van der Waals surface area contributed by atoms with Gasteiger partial charge in [0, 0.05) is 19.6 Å². The zero-order valence-corrected chi connectivity index (χ0v) is 19.2. The summed E-state index contributed by atoms with van der Waals surface area (Å²) in [5.74, 6) is -0.0366. The number of nitrogens with one attached hydrogen (secondary N) is 1. The van der Waals surface area contributed by atoms with E-state index in [0.717, 1.165) is 0 Å². The van der Waals surface area contributed by atoms with Gasteiger partial charge in [-0.15, -0.1) is 0 Å². The second kappa shape index (κ2) is 9.56. The van der Waals surface area contributed by atoms with Crippen LogP contribution in [0.15, 0.2) is 53.4 Å². The van der Waals surface area contributed by atoms with E-state index in [-0.39, 0.29) is 43.2 Å². The molecular weight excluding hydrogens is 437 g/mol. The number of ether oxygens (including phenoxy) is 2. The summed E-state index contributed by atoms with van der Waals surface area (Å²) >= 11 is 0. The largest absolute Gasteiger partial charge is 0.457 e. The number of sulfone groups is 1. The zero-order chi connectivity index (χ0) is 23.4. The summed E-state index contributed by atoms with van der Waals surface area (Å²) in [5, 5.41) is 0. The molecule has 3 rings (SSSR count). The molecule has 0 bridgehead atoms. The topological polar surface area (TPSA) is 90.9 Å². The van der Waals surface area contributed by atoms with Gasteiger partial charge in [-0.3, -0.25) is 9.63 Å². The van der Waals surface area contributed by atoms with Crippen molar-refractivity contribution in [2.24, 2.45) is 0 Å². The molecule has 174 valence electrons. The van der Waals surface area contributed by atoms with E-state index in [1.54, 1.807) is 20.8 Å². The van der Waals surface area contributed by atoms with Crippen molar-refractivity contribution in [3.05, 3.63) is 54.3 Å². The summed E-state index contributed by atoms with van der Waals surface area (Å²) in [6.07, 6.45) is 0.167. The van der Waals surface area contributed by atoms with Crippen LogP contribution in [0.3, 0.4) is 0 Å². The smallest absolute Gasteiger partial charge is 0.245 e. The lowest BCUT2D eigenvalue weighted by Gasteiger charge is -2.36. The van der Waals surface area contributed by atoms with Crippen molar-refractivity contribution in [2.45, 2.75) is 55.3 Å². The van der Waals surface area contributed by atoms with Gasteiger partial charge in [-0.1, -0.05) is 0 Å². The van der Waals surface area contributed by atoms with Crippen LogP contribution in [0.2, 0.25) is 0 Å². The van der Waals surface area contributed by atoms with Gasteiger partial charge in [0.05, 0.1) is 15.2 Å². The molecule has 0 atom stereocenters. The highest BCUT2D eigenvalue weighted by Crippen LogP contribution is 2.38. The third kappa shape index (κ3) is 5.85. The molecule has 1 saturated heterocycles. The fraction of sp³-hybridized carbons (Fsp3) is 0.435. The van der Waals surface area contributed by atoms with Gasteiger partial charge in [-0.2, -0.15) is 0 Å². The fourth-order valence-electron chi connectivity index (χ4n) is 3.40. The van der Waals surface area contributed by atoms with E-state index in [0.29, 0.717) is 11.5 Å². The van der Waals surface area contributed by atoms with E-state index >= 15 is 0 Å². The Labute approximate surface area is 187 Å². The van der Waals surface area contributed by atoms with Crippen molar-refractivity contribution in [2.75, 3.05) is 13.2 Å². The first-order valence-corrected chi connectivity index (χ1v) is 11.8. The molecule has 0 radical (unpaired) electrons. The maximum atomic E-state index is 13.6. The maximum Gasteiger partial charge on any atom is 0.245 e. The minimum Gasteiger partial charge on any atom is -0.457 e. The van der Waals surface area contributed by atoms with Crippen LogP contribution in [0.25, 0.3) is 0 Å². The quantitative estimate of drug-likeness (QED) is 0.617.